The first-order chi connectivity index (χ1) is 11.4. The molecule has 0 spiro atoms. The summed E-state index contributed by atoms with van der Waals surface area (Å²) in [7, 11) is 0. The SMILES string of the molecule is Cl.ClCC1CCC(CNCc2ccccc2)N1Cc1ccccc1. The van der Waals surface area contributed by atoms with Gasteiger partial charge in [0.15, 0.2) is 0 Å². The Morgan fingerprint density at radius 1 is 0.875 bits per heavy atom. The maximum atomic E-state index is 6.20. The van der Waals surface area contributed by atoms with Crippen LogP contribution in [0.2, 0.25) is 0 Å². The molecule has 0 aromatic heterocycles. The molecule has 2 aromatic rings. The van der Waals surface area contributed by atoms with Crippen LogP contribution in [0.15, 0.2) is 60.7 Å². The summed E-state index contributed by atoms with van der Waals surface area (Å²) in [5.74, 6) is 0.724. The van der Waals surface area contributed by atoms with Crippen molar-refractivity contribution in [2.75, 3.05) is 12.4 Å². The summed E-state index contributed by atoms with van der Waals surface area (Å²) in [4.78, 5) is 2.58. The van der Waals surface area contributed by atoms with Crippen LogP contribution in [0.1, 0.15) is 24.0 Å². The third-order valence-electron chi connectivity index (χ3n) is 4.71. The fourth-order valence-electron chi connectivity index (χ4n) is 3.43. The van der Waals surface area contributed by atoms with E-state index in [1.54, 1.807) is 0 Å². The molecule has 130 valence electrons. The molecular weight excluding hydrogens is 339 g/mol. The van der Waals surface area contributed by atoms with Gasteiger partial charge in [-0.15, -0.1) is 24.0 Å². The summed E-state index contributed by atoms with van der Waals surface area (Å²) in [5, 5.41) is 3.62. The lowest BCUT2D eigenvalue weighted by molar-refractivity contribution is 0.191. The van der Waals surface area contributed by atoms with Crippen molar-refractivity contribution in [1.29, 1.82) is 0 Å². The van der Waals surface area contributed by atoms with E-state index in [0.717, 1.165) is 25.5 Å². The number of hydrogen-bond donors (Lipinski definition) is 1. The average Bonchev–Trinajstić information content (AvgIpc) is 2.99. The molecular formula is C20H26Cl2N2. The van der Waals surface area contributed by atoms with Gasteiger partial charge in [0, 0.05) is 37.6 Å². The molecule has 24 heavy (non-hydrogen) atoms. The van der Waals surface area contributed by atoms with Crippen molar-refractivity contribution in [3.05, 3.63) is 71.8 Å². The van der Waals surface area contributed by atoms with Gasteiger partial charge in [0.25, 0.3) is 0 Å². The van der Waals surface area contributed by atoms with Gasteiger partial charge in [-0.1, -0.05) is 60.7 Å². The van der Waals surface area contributed by atoms with Crippen LogP contribution in [0.25, 0.3) is 0 Å². The van der Waals surface area contributed by atoms with E-state index in [9.17, 15) is 0 Å². The number of nitrogens with one attached hydrogen (secondary N) is 1. The van der Waals surface area contributed by atoms with Crippen LogP contribution in [0, 0.1) is 0 Å². The number of halogens is 2. The molecule has 2 unspecified atom stereocenters. The van der Waals surface area contributed by atoms with E-state index in [-0.39, 0.29) is 12.4 Å². The Hall–Kier alpha value is -1.06. The Bertz CT molecular complexity index is 577. The molecule has 2 aromatic carbocycles. The summed E-state index contributed by atoms with van der Waals surface area (Å²) >= 11 is 6.20. The molecule has 2 atom stereocenters. The van der Waals surface area contributed by atoms with Crippen LogP contribution in [-0.2, 0) is 13.1 Å². The molecule has 0 radical (unpaired) electrons. The lowest BCUT2D eigenvalue weighted by Gasteiger charge is -2.29. The van der Waals surface area contributed by atoms with Crippen LogP contribution >= 0.6 is 24.0 Å². The fraction of sp³-hybridized carbons (Fsp3) is 0.400. The minimum atomic E-state index is 0. The topological polar surface area (TPSA) is 15.3 Å². The number of benzene rings is 2. The monoisotopic (exact) mass is 364 g/mol. The standard InChI is InChI=1S/C20H25ClN2.ClH/c21-13-19-11-12-20(15-22-14-17-7-3-1-4-8-17)23(19)16-18-9-5-2-6-10-18;/h1-10,19-20,22H,11-16H2;1H. The summed E-state index contributed by atoms with van der Waals surface area (Å²) in [6, 6.07) is 22.4. The van der Waals surface area contributed by atoms with E-state index in [1.165, 1.54) is 24.0 Å². The first kappa shape index (κ1) is 19.3. The van der Waals surface area contributed by atoms with Gasteiger partial charge in [0.1, 0.15) is 0 Å². The molecule has 1 N–H and O–H groups in total. The Morgan fingerprint density at radius 2 is 1.46 bits per heavy atom. The van der Waals surface area contributed by atoms with Gasteiger partial charge in [-0.3, -0.25) is 4.90 Å². The Labute approximate surface area is 156 Å². The molecule has 4 heteroatoms. The van der Waals surface area contributed by atoms with Gasteiger partial charge >= 0.3 is 0 Å². The molecule has 2 nitrogen and oxygen atoms in total. The minimum absolute atomic E-state index is 0. The van der Waals surface area contributed by atoms with Crippen LogP contribution in [0.4, 0.5) is 0 Å². The number of rotatable bonds is 7. The molecule has 1 aliphatic rings. The molecule has 3 rings (SSSR count). The highest BCUT2D eigenvalue weighted by atomic mass is 35.5. The van der Waals surface area contributed by atoms with Crippen molar-refractivity contribution < 1.29 is 0 Å². The third-order valence-corrected chi connectivity index (χ3v) is 5.07. The van der Waals surface area contributed by atoms with Crippen LogP contribution in [0.3, 0.4) is 0 Å². The Kier molecular flexibility index (Phi) is 8.07. The van der Waals surface area contributed by atoms with E-state index >= 15 is 0 Å². The predicted molar refractivity (Wildman–Crippen MR) is 105 cm³/mol. The lowest BCUT2D eigenvalue weighted by Crippen LogP contribution is -2.41. The highest BCUT2D eigenvalue weighted by Crippen LogP contribution is 2.26. The molecule has 1 saturated heterocycles. The molecule has 0 aliphatic carbocycles. The van der Waals surface area contributed by atoms with Gasteiger partial charge in [0.2, 0.25) is 0 Å². The summed E-state index contributed by atoms with van der Waals surface area (Å²) in [6.45, 7) is 2.95. The highest BCUT2D eigenvalue weighted by Gasteiger charge is 2.32. The molecule has 0 amide bonds. The molecule has 1 fully saturated rings. The first-order valence-electron chi connectivity index (χ1n) is 8.47. The molecule has 1 heterocycles. The van der Waals surface area contributed by atoms with Gasteiger partial charge in [-0.2, -0.15) is 0 Å². The third kappa shape index (κ3) is 5.22. The van der Waals surface area contributed by atoms with Crippen molar-refractivity contribution in [3.63, 3.8) is 0 Å². The maximum absolute atomic E-state index is 6.20. The average molecular weight is 365 g/mol. The Morgan fingerprint density at radius 3 is 2.08 bits per heavy atom. The summed E-state index contributed by atoms with van der Waals surface area (Å²) in [5.41, 5.74) is 2.71. The summed E-state index contributed by atoms with van der Waals surface area (Å²) in [6.07, 6.45) is 2.43. The molecule has 0 bridgehead atoms. The van der Waals surface area contributed by atoms with Crippen LogP contribution in [-0.4, -0.2) is 29.4 Å². The molecule has 0 saturated carbocycles. The predicted octanol–water partition coefficient (Wildman–Crippen LogP) is 4.47. The van der Waals surface area contributed by atoms with E-state index in [0.29, 0.717) is 12.1 Å². The number of likely N-dealkylation sites (tertiary alicyclic amines) is 1. The van der Waals surface area contributed by atoms with Gasteiger partial charge in [-0.25, -0.2) is 0 Å². The van der Waals surface area contributed by atoms with Gasteiger partial charge in [-0.05, 0) is 24.0 Å². The van der Waals surface area contributed by atoms with Crippen molar-refractivity contribution >= 4 is 24.0 Å². The van der Waals surface area contributed by atoms with Crippen molar-refractivity contribution in [3.8, 4) is 0 Å². The van der Waals surface area contributed by atoms with Crippen LogP contribution in [0.5, 0.6) is 0 Å². The van der Waals surface area contributed by atoms with Crippen molar-refractivity contribution in [2.24, 2.45) is 0 Å². The van der Waals surface area contributed by atoms with Crippen LogP contribution < -0.4 is 5.32 Å². The van der Waals surface area contributed by atoms with E-state index in [2.05, 4.69) is 70.9 Å². The summed E-state index contributed by atoms with van der Waals surface area (Å²) < 4.78 is 0. The normalized spacial score (nSPS) is 20.7. The second-order valence-electron chi connectivity index (χ2n) is 6.31. The largest absolute Gasteiger partial charge is 0.311 e. The van der Waals surface area contributed by atoms with E-state index < -0.39 is 0 Å². The molecule has 1 aliphatic heterocycles. The van der Waals surface area contributed by atoms with Gasteiger partial charge < -0.3 is 5.32 Å². The number of alkyl halides is 1. The van der Waals surface area contributed by atoms with Crippen molar-refractivity contribution in [1.82, 2.24) is 10.2 Å². The maximum Gasteiger partial charge on any atom is 0.0379 e. The van der Waals surface area contributed by atoms with E-state index in [1.807, 2.05) is 0 Å². The minimum Gasteiger partial charge on any atom is -0.311 e. The number of hydrogen-bond acceptors (Lipinski definition) is 2. The zero-order valence-corrected chi connectivity index (χ0v) is 15.5. The quantitative estimate of drug-likeness (QED) is 0.729. The zero-order valence-electron chi connectivity index (χ0n) is 13.9. The highest BCUT2D eigenvalue weighted by molar-refractivity contribution is 6.18. The number of nitrogens with zero attached hydrogens (tertiary/aromatic N) is 1. The van der Waals surface area contributed by atoms with Gasteiger partial charge in [0.05, 0.1) is 0 Å². The second kappa shape index (κ2) is 10.0. The Balaban J connectivity index is 0.00000208. The van der Waals surface area contributed by atoms with Crippen molar-refractivity contribution in [2.45, 2.75) is 38.0 Å². The van der Waals surface area contributed by atoms with E-state index in [4.69, 9.17) is 11.6 Å². The fourth-order valence-corrected chi connectivity index (χ4v) is 3.76. The first-order valence-corrected chi connectivity index (χ1v) is 9.00. The second-order valence-corrected chi connectivity index (χ2v) is 6.62. The lowest BCUT2D eigenvalue weighted by atomic mass is 10.1. The zero-order chi connectivity index (χ0) is 15.9. The smallest absolute Gasteiger partial charge is 0.0379 e.